The van der Waals surface area contributed by atoms with Gasteiger partial charge in [0.2, 0.25) is 0 Å². The molecule has 5 heteroatoms. The molecule has 0 spiro atoms. The third-order valence-electron chi connectivity index (χ3n) is 7.13. The molecule has 0 bridgehead atoms. The Morgan fingerprint density at radius 3 is 1.95 bits per heavy atom. The second-order valence-electron chi connectivity index (χ2n) is 9.52. The van der Waals surface area contributed by atoms with Gasteiger partial charge < -0.3 is 4.57 Å². The zero-order chi connectivity index (χ0) is 26.5. The number of imidazole rings is 1. The van der Waals surface area contributed by atoms with E-state index in [1.807, 2.05) is 119 Å². The van der Waals surface area contributed by atoms with Crippen LogP contribution in [0.5, 0.6) is 0 Å². The first-order chi connectivity index (χ1) is 19.1. The van der Waals surface area contributed by atoms with Gasteiger partial charge in [0.1, 0.15) is 5.82 Å². The maximum atomic E-state index is 13.4. The summed E-state index contributed by atoms with van der Waals surface area (Å²) < 4.78 is 3.91. The highest BCUT2D eigenvalue weighted by molar-refractivity contribution is 6.42. The maximum absolute atomic E-state index is 13.4. The first kappa shape index (κ1) is 22.7. The molecule has 0 amide bonds. The Labute approximate surface area is 224 Å². The molecule has 4 aromatic carbocycles. The van der Waals surface area contributed by atoms with Gasteiger partial charge in [0.15, 0.2) is 17.2 Å². The van der Waals surface area contributed by atoms with Crippen molar-refractivity contribution in [2.24, 2.45) is 7.05 Å². The molecule has 0 N–H and O–H groups in total. The van der Waals surface area contributed by atoms with E-state index in [9.17, 15) is 9.59 Å². The minimum Gasteiger partial charge on any atom is -0.321 e. The van der Waals surface area contributed by atoms with Crippen molar-refractivity contribution in [1.29, 1.82) is 0 Å². The van der Waals surface area contributed by atoms with Crippen molar-refractivity contribution in [3.05, 3.63) is 137 Å². The van der Waals surface area contributed by atoms with E-state index < -0.39 is 0 Å². The summed E-state index contributed by atoms with van der Waals surface area (Å²) in [5, 5.41) is 1.86. The van der Waals surface area contributed by atoms with Gasteiger partial charge >= 0.3 is 0 Å². The number of allylic oxidation sites excluding steroid dienone is 1. The molecule has 0 fully saturated rings. The Hall–Kier alpha value is -5.47. The predicted molar refractivity (Wildman–Crippen MR) is 153 cm³/mol. The number of hydrogen-bond donors (Lipinski definition) is 0. The Morgan fingerprint density at radius 2 is 1.31 bits per heavy atom. The molecule has 6 aromatic rings. The highest BCUT2D eigenvalue weighted by Crippen LogP contribution is 2.33. The van der Waals surface area contributed by atoms with E-state index in [0.717, 1.165) is 33.2 Å². The first-order valence-corrected chi connectivity index (χ1v) is 12.6. The summed E-state index contributed by atoms with van der Waals surface area (Å²) in [7, 11) is 1.92. The number of ketones is 2. The second kappa shape index (κ2) is 8.83. The van der Waals surface area contributed by atoms with Crippen LogP contribution in [0.15, 0.2) is 109 Å². The lowest BCUT2D eigenvalue weighted by atomic mass is 10.0. The number of carbonyl (C=O) groups is 2. The summed E-state index contributed by atoms with van der Waals surface area (Å²) in [6, 6.07) is 33.0. The quantitative estimate of drug-likeness (QED) is 0.157. The van der Waals surface area contributed by atoms with Gasteiger partial charge in [-0.3, -0.25) is 14.2 Å². The highest BCUT2D eigenvalue weighted by Gasteiger charge is 2.34. The molecule has 7 rings (SSSR count). The van der Waals surface area contributed by atoms with Crippen molar-refractivity contribution in [2.75, 3.05) is 0 Å². The van der Waals surface area contributed by atoms with Crippen molar-refractivity contribution in [3.8, 4) is 17.5 Å². The normalized spacial score (nSPS) is 12.6. The fraction of sp³-hybridized carbons (Fsp3) is 0.0294. The molecule has 0 saturated heterocycles. The minimum absolute atomic E-state index is 0.122. The van der Waals surface area contributed by atoms with Gasteiger partial charge in [0, 0.05) is 29.4 Å². The molecule has 1 aliphatic rings. The lowest BCUT2D eigenvalue weighted by Crippen LogP contribution is -2.04. The summed E-state index contributed by atoms with van der Waals surface area (Å²) in [6.07, 6.45) is 1.62. The van der Waals surface area contributed by atoms with Crippen LogP contribution in [0.4, 0.5) is 0 Å². The average molecular weight is 504 g/mol. The van der Waals surface area contributed by atoms with Crippen LogP contribution in [0, 0.1) is 11.8 Å². The Morgan fingerprint density at radius 1 is 0.718 bits per heavy atom. The zero-order valence-electron chi connectivity index (χ0n) is 21.1. The van der Waals surface area contributed by atoms with E-state index in [1.165, 1.54) is 0 Å². The lowest BCUT2D eigenvalue weighted by molar-refractivity contribution is 0.0990. The first-order valence-electron chi connectivity index (χ1n) is 12.6. The van der Waals surface area contributed by atoms with Crippen LogP contribution in [0.3, 0.4) is 0 Å². The van der Waals surface area contributed by atoms with Crippen molar-refractivity contribution >= 4 is 39.6 Å². The predicted octanol–water partition coefficient (Wildman–Crippen LogP) is 6.38. The summed E-state index contributed by atoms with van der Waals surface area (Å²) in [4.78, 5) is 31.8. The van der Waals surface area contributed by atoms with Crippen LogP contribution in [-0.2, 0) is 7.05 Å². The van der Waals surface area contributed by atoms with E-state index in [0.29, 0.717) is 22.6 Å². The molecular formula is C34H21N3O2. The number of fused-ring (bicyclic) bond motifs is 3. The molecule has 0 aliphatic heterocycles. The number of rotatable bonds is 2. The molecule has 184 valence electrons. The summed E-state index contributed by atoms with van der Waals surface area (Å²) in [6.45, 7) is 0. The molecule has 0 unspecified atom stereocenters. The van der Waals surface area contributed by atoms with Gasteiger partial charge in [-0.15, -0.1) is 0 Å². The molecule has 1 aliphatic carbocycles. The smallest absolute Gasteiger partial charge is 0.197 e. The summed E-state index contributed by atoms with van der Waals surface area (Å²) >= 11 is 0. The number of nitrogens with zero attached hydrogens (tertiary/aromatic N) is 3. The van der Waals surface area contributed by atoms with Crippen LogP contribution >= 0.6 is 0 Å². The lowest BCUT2D eigenvalue weighted by Gasteiger charge is -2.06. The fourth-order valence-corrected chi connectivity index (χ4v) is 5.15. The van der Waals surface area contributed by atoms with Gasteiger partial charge in [0.25, 0.3) is 0 Å². The average Bonchev–Trinajstić information content (AvgIpc) is 3.56. The highest BCUT2D eigenvalue weighted by atomic mass is 16.2. The Bertz CT molecular complexity index is 1990. The minimum atomic E-state index is -0.276. The number of benzene rings is 4. The van der Waals surface area contributed by atoms with Gasteiger partial charge in [0.05, 0.1) is 16.8 Å². The molecule has 0 atom stereocenters. The summed E-state index contributed by atoms with van der Waals surface area (Å²) in [5.41, 5.74) is 5.17. The van der Waals surface area contributed by atoms with Crippen LogP contribution < -0.4 is 0 Å². The molecule has 5 nitrogen and oxygen atoms in total. The van der Waals surface area contributed by atoms with Gasteiger partial charge in [-0.2, -0.15) is 0 Å². The second-order valence-corrected chi connectivity index (χ2v) is 9.52. The van der Waals surface area contributed by atoms with Crippen molar-refractivity contribution < 1.29 is 9.59 Å². The standard InChI is InChI=1S/C34H21N3O2/c1-36-26(17-16-22-10-4-2-5-11-22)20-30-34(36)35-31(37(30)25-14-6-3-7-15-25)21-29-32(38)27-18-23-12-8-9-13-24(23)19-28(27)33(29)39/h2-15,18-21H,1H3. The van der Waals surface area contributed by atoms with Crippen LogP contribution in [0.2, 0.25) is 0 Å². The number of aryl methyl sites for hydroxylation is 1. The van der Waals surface area contributed by atoms with Gasteiger partial charge in [-0.1, -0.05) is 66.6 Å². The molecule has 0 radical (unpaired) electrons. The largest absolute Gasteiger partial charge is 0.321 e. The van der Waals surface area contributed by atoms with E-state index in [4.69, 9.17) is 4.98 Å². The van der Waals surface area contributed by atoms with E-state index in [1.54, 1.807) is 6.08 Å². The third kappa shape index (κ3) is 3.70. The van der Waals surface area contributed by atoms with E-state index >= 15 is 0 Å². The number of para-hydroxylation sites is 1. The number of carbonyl (C=O) groups excluding carboxylic acids is 2. The van der Waals surface area contributed by atoms with Gasteiger partial charge in [-0.25, -0.2) is 4.98 Å². The number of hydrogen-bond acceptors (Lipinski definition) is 3. The molecular weight excluding hydrogens is 482 g/mol. The van der Waals surface area contributed by atoms with E-state index in [2.05, 4.69) is 11.8 Å². The van der Waals surface area contributed by atoms with Crippen molar-refractivity contribution in [2.45, 2.75) is 0 Å². The molecule has 2 aromatic heterocycles. The molecule has 0 saturated carbocycles. The number of aromatic nitrogens is 3. The van der Waals surface area contributed by atoms with Crippen LogP contribution in [-0.4, -0.2) is 25.7 Å². The zero-order valence-corrected chi connectivity index (χ0v) is 21.1. The van der Waals surface area contributed by atoms with Crippen molar-refractivity contribution in [3.63, 3.8) is 0 Å². The number of Topliss-reactive ketones (excluding diaryl/α,β-unsaturated/α-hetero) is 2. The SMILES string of the molecule is Cn1c(C#Cc2ccccc2)cc2c1nc(C=C1C(=O)c3cc4ccccc4cc3C1=O)n2-c1ccccc1. The maximum Gasteiger partial charge on any atom is 0.197 e. The third-order valence-corrected chi connectivity index (χ3v) is 7.13. The van der Waals surface area contributed by atoms with Gasteiger partial charge in [-0.05, 0) is 65.2 Å². The van der Waals surface area contributed by atoms with Crippen LogP contribution in [0.1, 0.15) is 37.8 Å². The van der Waals surface area contributed by atoms with E-state index in [-0.39, 0.29) is 17.1 Å². The Kier molecular flexibility index (Phi) is 5.14. The van der Waals surface area contributed by atoms with Crippen molar-refractivity contribution in [1.82, 2.24) is 14.1 Å². The monoisotopic (exact) mass is 503 g/mol. The summed E-state index contributed by atoms with van der Waals surface area (Å²) in [5.74, 6) is 6.43. The topological polar surface area (TPSA) is 56.9 Å². The fourth-order valence-electron chi connectivity index (χ4n) is 5.15. The molecule has 2 heterocycles. The van der Waals surface area contributed by atoms with Crippen LogP contribution in [0.25, 0.3) is 33.7 Å². The molecule has 39 heavy (non-hydrogen) atoms. The Balaban J connectivity index is 1.38.